The molecular weight excluding hydrogens is 600 g/mol. The molecule has 12 heteroatoms. The number of aliphatic carboxylic acids is 1. The Morgan fingerprint density at radius 3 is 2.02 bits per heavy atom. The number of esters is 2. The monoisotopic (exact) mass is 638 g/mol. The van der Waals surface area contributed by atoms with E-state index in [-0.39, 0.29) is 24.8 Å². The number of amides is 1. The summed E-state index contributed by atoms with van der Waals surface area (Å²) in [5.74, 6) is -3.54. The third-order valence-corrected chi connectivity index (χ3v) is 7.77. The molecule has 0 saturated carbocycles. The van der Waals surface area contributed by atoms with E-state index in [0.717, 1.165) is 6.26 Å². The maximum Gasteiger partial charge on any atom is 0.326 e. The van der Waals surface area contributed by atoms with Gasteiger partial charge in [-0.15, -0.1) is 0 Å². The molecule has 0 spiro atoms. The van der Waals surface area contributed by atoms with Crippen LogP contribution in [-0.2, 0) is 33.7 Å². The SMILES string of the molecule is CCCC(=O)OC(c1cccnc1)C(OC(=O)CCC)c1ccc(C(=O)NC(CCS(C)(=O)=O)C(=O)O)c(-c2ccccc2)c1. The van der Waals surface area contributed by atoms with Gasteiger partial charge in [-0.3, -0.25) is 19.4 Å². The molecule has 2 aromatic carbocycles. The Kier molecular flexibility index (Phi) is 12.8. The first-order valence-electron chi connectivity index (χ1n) is 14.6. The summed E-state index contributed by atoms with van der Waals surface area (Å²) < 4.78 is 35.1. The van der Waals surface area contributed by atoms with E-state index in [1.165, 1.54) is 12.3 Å². The van der Waals surface area contributed by atoms with Crippen LogP contribution in [0.1, 0.15) is 79.6 Å². The lowest BCUT2D eigenvalue weighted by Crippen LogP contribution is -2.42. The van der Waals surface area contributed by atoms with Gasteiger partial charge in [0.2, 0.25) is 0 Å². The van der Waals surface area contributed by atoms with Crippen LogP contribution in [0.2, 0.25) is 0 Å². The predicted molar refractivity (Wildman–Crippen MR) is 167 cm³/mol. The van der Waals surface area contributed by atoms with Gasteiger partial charge in [-0.25, -0.2) is 13.2 Å². The van der Waals surface area contributed by atoms with Crippen LogP contribution in [0.15, 0.2) is 73.1 Å². The molecule has 1 amide bonds. The van der Waals surface area contributed by atoms with Gasteiger partial charge in [0.1, 0.15) is 15.9 Å². The minimum atomic E-state index is -3.47. The Morgan fingerprint density at radius 2 is 1.49 bits per heavy atom. The number of rotatable bonds is 16. The third kappa shape index (κ3) is 10.5. The largest absolute Gasteiger partial charge is 0.480 e. The second-order valence-corrected chi connectivity index (χ2v) is 12.8. The van der Waals surface area contributed by atoms with Crippen molar-refractivity contribution in [1.82, 2.24) is 10.3 Å². The first-order chi connectivity index (χ1) is 21.4. The number of carbonyl (C=O) groups excluding carboxylic acids is 3. The Balaban J connectivity index is 2.14. The van der Waals surface area contributed by atoms with Crippen LogP contribution in [0.25, 0.3) is 11.1 Å². The van der Waals surface area contributed by atoms with Gasteiger partial charge in [0.25, 0.3) is 5.91 Å². The number of benzene rings is 2. The molecule has 2 N–H and O–H groups in total. The number of nitrogens with zero attached hydrogens (tertiary/aromatic N) is 1. The van der Waals surface area contributed by atoms with E-state index in [1.807, 2.05) is 13.8 Å². The fourth-order valence-corrected chi connectivity index (χ4v) is 5.25. The highest BCUT2D eigenvalue weighted by Gasteiger charge is 2.33. The normalized spacial score (nSPS) is 13.2. The number of carboxylic acid groups (broad SMARTS) is 1. The molecule has 0 bridgehead atoms. The van der Waals surface area contributed by atoms with Gasteiger partial charge >= 0.3 is 17.9 Å². The Hall–Kier alpha value is -4.58. The van der Waals surface area contributed by atoms with Gasteiger partial charge in [0.05, 0.1) is 5.75 Å². The lowest BCUT2D eigenvalue weighted by atomic mass is 9.92. The average molecular weight is 639 g/mol. The standard InChI is InChI=1S/C33H38N2O9S/c1-4-10-28(36)43-30(31(44-29(37)11-5-2)24-14-9-18-34-21-24)23-15-16-25(26(20-23)22-12-7-6-8-13-22)32(38)35-27(33(39)40)17-19-45(3,41)42/h6-9,12-16,18,20-21,27,30-31H,4-5,10-11,17,19H2,1-3H3,(H,35,38)(H,39,40). The summed E-state index contributed by atoms with van der Waals surface area (Å²) in [7, 11) is -3.47. The Bertz CT molecular complexity index is 1580. The van der Waals surface area contributed by atoms with E-state index in [2.05, 4.69) is 10.3 Å². The van der Waals surface area contributed by atoms with Gasteiger partial charge in [-0.1, -0.05) is 56.3 Å². The van der Waals surface area contributed by atoms with Crippen molar-refractivity contribution in [1.29, 1.82) is 0 Å². The molecule has 0 aliphatic rings. The maximum absolute atomic E-state index is 13.5. The molecule has 45 heavy (non-hydrogen) atoms. The average Bonchev–Trinajstić information content (AvgIpc) is 3.01. The van der Waals surface area contributed by atoms with Crippen molar-refractivity contribution in [2.75, 3.05) is 12.0 Å². The number of carboxylic acids is 1. The zero-order valence-corrected chi connectivity index (χ0v) is 26.3. The molecule has 0 saturated heterocycles. The van der Waals surface area contributed by atoms with E-state index in [1.54, 1.807) is 60.8 Å². The maximum atomic E-state index is 13.5. The quantitative estimate of drug-likeness (QED) is 0.207. The zero-order chi connectivity index (χ0) is 33.0. The van der Waals surface area contributed by atoms with Crippen molar-refractivity contribution in [2.24, 2.45) is 0 Å². The summed E-state index contributed by atoms with van der Waals surface area (Å²) in [6.07, 6.45) is 2.91. The molecule has 3 atom stereocenters. The Labute approximate surface area is 262 Å². The van der Waals surface area contributed by atoms with Crippen molar-refractivity contribution in [3.05, 3.63) is 89.7 Å². The van der Waals surface area contributed by atoms with E-state index in [4.69, 9.17) is 9.47 Å². The first-order valence-corrected chi connectivity index (χ1v) is 16.7. The highest BCUT2D eigenvalue weighted by Crippen LogP contribution is 2.38. The smallest absolute Gasteiger partial charge is 0.326 e. The third-order valence-electron chi connectivity index (χ3n) is 6.80. The lowest BCUT2D eigenvalue weighted by molar-refractivity contribution is -0.170. The number of pyridine rings is 1. The summed E-state index contributed by atoms with van der Waals surface area (Å²) in [5.41, 5.74) is 2.01. The van der Waals surface area contributed by atoms with E-state index in [9.17, 15) is 32.7 Å². The van der Waals surface area contributed by atoms with E-state index < -0.39 is 57.7 Å². The van der Waals surface area contributed by atoms with Crippen molar-refractivity contribution in [3.63, 3.8) is 0 Å². The van der Waals surface area contributed by atoms with Crippen molar-refractivity contribution in [2.45, 2.75) is 64.2 Å². The van der Waals surface area contributed by atoms with Crippen LogP contribution in [0, 0.1) is 0 Å². The lowest BCUT2D eigenvalue weighted by Gasteiger charge is -2.28. The van der Waals surface area contributed by atoms with Crippen LogP contribution in [0.3, 0.4) is 0 Å². The van der Waals surface area contributed by atoms with Gasteiger partial charge in [-0.05, 0) is 54.2 Å². The molecule has 3 rings (SSSR count). The molecule has 0 fully saturated rings. The highest BCUT2D eigenvalue weighted by atomic mass is 32.2. The summed E-state index contributed by atoms with van der Waals surface area (Å²) in [6, 6.07) is 15.4. The van der Waals surface area contributed by atoms with Gasteiger partial charge in [0.15, 0.2) is 12.2 Å². The number of hydrogen-bond donors (Lipinski definition) is 2. The van der Waals surface area contributed by atoms with Crippen LogP contribution >= 0.6 is 0 Å². The summed E-state index contributed by atoms with van der Waals surface area (Å²) in [4.78, 5) is 55.2. The van der Waals surface area contributed by atoms with Crippen molar-refractivity contribution in [3.8, 4) is 11.1 Å². The molecule has 0 radical (unpaired) electrons. The summed E-state index contributed by atoms with van der Waals surface area (Å²) in [5, 5.41) is 12.1. The van der Waals surface area contributed by atoms with Crippen LogP contribution < -0.4 is 5.32 Å². The van der Waals surface area contributed by atoms with Gasteiger partial charge in [0, 0.05) is 42.6 Å². The second kappa shape index (κ2) is 16.5. The van der Waals surface area contributed by atoms with Gasteiger partial charge in [-0.2, -0.15) is 0 Å². The molecule has 11 nitrogen and oxygen atoms in total. The second-order valence-electron chi connectivity index (χ2n) is 10.6. The van der Waals surface area contributed by atoms with Crippen LogP contribution in [0.4, 0.5) is 0 Å². The van der Waals surface area contributed by atoms with Crippen molar-refractivity contribution < 1.29 is 42.2 Å². The first kappa shape index (κ1) is 34.9. The molecule has 0 aliphatic heterocycles. The highest BCUT2D eigenvalue weighted by molar-refractivity contribution is 7.90. The Morgan fingerprint density at radius 1 is 0.867 bits per heavy atom. The van der Waals surface area contributed by atoms with Crippen LogP contribution in [0.5, 0.6) is 0 Å². The van der Waals surface area contributed by atoms with Gasteiger partial charge < -0.3 is 19.9 Å². The summed E-state index contributed by atoms with van der Waals surface area (Å²) in [6.45, 7) is 3.67. The number of carbonyl (C=O) groups is 4. The number of hydrogen-bond acceptors (Lipinski definition) is 9. The van der Waals surface area contributed by atoms with E-state index >= 15 is 0 Å². The molecule has 3 aromatic rings. The molecule has 0 aliphatic carbocycles. The van der Waals surface area contributed by atoms with Crippen molar-refractivity contribution >= 4 is 33.7 Å². The number of aromatic nitrogens is 1. The zero-order valence-electron chi connectivity index (χ0n) is 25.5. The molecular formula is C33H38N2O9S. The van der Waals surface area contributed by atoms with Crippen LogP contribution in [-0.4, -0.2) is 60.4 Å². The topological polar surface area (TPSA) is 166 Å². The molecule has 3 unspecified atom stereocenters. The summed E-state index contributed by atoms with van der Waals surface area (Å²) >= 11 is 0. The number of sulfone groups is 1. The number of nitrogens with one attached hydrogen (secondary N) is 1. The fourth-order valence-electron chi connectivity index (χ4n) is 4.58. The molecule has 1 heterocycles. The predicted octanol–water partition coefficient (Wildman–Crippen LogP) is 4.84. The molecule has 1 aromatic heterocycles. The fraction of sp³-hybridized carbons (Fsp3) is 0.364. The molecule has 240 valence electrons. The minimum Gasteiger partial charge on any atom is -0.480 e. The van der Waals surface area contributed by atoms with E-state index in [0.29, 0.717) is 35.1 Å². The minimum absolute atomic E-state index is 0.107. The number of ether oxygens (including phenoxy) is 2.